The summed E-state index contributed by atoms with van der Waals surface area (Å²) in [5, 5.41) is 16.5. The van der Waals surface area contributed by atoms with E-state index in [1.165, 1.54) is 12.1 Å². The normalized spacial score (nSPS) is 12.4. The lowest BCUT2D eigenvalue weighted by molar-refractivity contribution is -0.135. The highest BCUT2D eigenvalue weighted by molar-refractivity contribution is 7.93. The van der Waals surface area contributed by atoms with Crippen molar-refractivity contribution in [3.8, 4) is 6.07 Å². The average Bonchev–Trinajstić information content (AvgIpc) is 2.37. The highest BCUT2D eigenvalue weighted by Crippen LogP contribution is 2.21. The Balaban J connectivity index is 3.26. The summed E-state index contributed by atoms with van der Waals surface area (Å²) in [7, 11) is -4.02. The first-order valence-electron chi connectivity index (χ1n) is 5.61. The van der Waals surface area contributed by atoms with Gasteiger partial charge in [-0.2, -0.15) is 5.26 Å². The second kappa shape index (κ2) is 6.20. The van der Waals surface area contributed by atoms with Crippen molar-refractivity contribution in [2.45, 2.75) is 18.6 Å². The second-order valence-electron chi connectivity index (χ2n) is 3.81. The Bertz CT molecular complexity index is 577. The molecule has 0 spiro atoms. The fourth-order valence-corrected chi connectivity index (χ4v) is 3.13. The number of benzene rings is 1. The Morgan fingerprint density at radius 3 is 2.42 bits per heavy atom. The lowest BCUT2D eigenvalue weighted by atomic mass is 10.3. The molecule has 102 valence electrons. The molecule has 0 aliphatic heterocycles. The molecule has 0 aromatic heterocycles. The van der Waals surface area contributed by atoms with Crippen LogP contribution in [0.4, 0.5) is 5.69 Å². The zero-order valence-electron chi connectivity index (χ0n) is 10.4. The largest absolute Gasteiger partial charge is 0.480 e. The van der Waals surface area contributed by atoms with Gasteiger partial charge in [-0.25, -0.2) is 8.42 Å². The first kappa shape index (κ1) is 15.0. The van der Waals surface area contributed by atoms with Gasteiger partial charge in [-0.1, -0.05) is 25.1 Å². The molecular formula is C12H14N2O4S. The van der Waals surface area contributed by atoms with Gasteiger partial charge in [-0.3, -0.25) is 9.10 Å². The van der Waals surface area contributed by atoms with E-state index in [1.54, 1.807) is 31.2 Å². The molecule has 0 saturated heterocycles. The van der Waals surface area contributed by atoms with Crippen LogP contribution < -0.4 is 4.31 Å². The number of carboxylic acid groups (broad SMARTS) is 1. The van der Waals surface area contributed by atoms with E-state index in [4.69, 9.17) is 10.4 Å². The van der Waals surface area contributed by atoms with Crippen LogP contribution in [0.3, 0.4) is 0 Å². The van der Waals surface area contributed by atoms with Crippen molar-refractivity contribution in [3.05, 3.63) is 30.3 Å². The third-order valence-corrected chi connectivity index (χ3v) is 4.62. The van der Waals surface area contributed by atoms with Gasteiger partial charge < -0.3 is 5.11 Å². The molecule has 7 heteroatoms. The van der Waals surface area contributed by atoms with E-state index < -0.39 is 27.8 Å². The van der Waals surface area contributed by atoms with E-state index in [0.29, 0.717) is 0 Å². The molecule has 0 bridgehead atoms. The van der Waals surface area contributed by atoms with Gasteiger partial charge in [0.1, 0.15) is 6.54 Å². The van der Waals surface area contributed by atoms with Gasteiger partial charge in [-0.05, 0) is 18.6 Å². The molecular weight excluding hydrogens is 268 g/mol. The van der Waals surface area contributed by atoms with Crippen LogP contribution in [-0.4, -0.2) is 31.3 Å². The SMILES string of the molecule is CCC(C#N)S(=O)(=O)N(CC(=O)O)c1ccccc1. The number of sulfonamides is 1. The molecule has 1 atom stereocenters. The number of carbonyl (C=O) groups is 1. The maximum Gasteiger partial charge on any atom is 0.324 e. The van der Waals surface area contributed by atoms with Gasteiger partial charge in [-0.15, -0.1) is 0 Å². The summed E-state index contributed by atoms with van der Waals surface area (Å²) in [5.41, 5.74) is 0.235. The molecule has 1 rings (SSSR count). The monoisotopic (exact) mass is 282 g/mol. The fraction of sp³-hybridized carbons (Fsp3) is 0.333. The van der Waals surface area contributed by atoms with Crippen LogP contribution in [0.1, 0.15) is 13.3 Å². The van der Waals surface area contributed by atoms with Crippen molar-refractivity contribution in [3.63, 3.8) is 0 Å². The van der Waals surface area contributed by atoms with Crippen molar-refractivity contribution >= 4 is 21.7 Å². The molecule has 0 aliphatic rings. The molecule has 0 fully saturated rings. The lowest BCUT2D eigenvalue weighted by Gasteiger charge is -2.24. The van der Waals surface area contributed by atoms with Crippen LogP contribution in [0, 0.1) is 11.3 Å². The smallest absolute Gasteiger partial charge is 0.324 e. The quantitative estimate of drug-likeness (QED) is 0.845. The molecule has 6 nitrogen and oxygen atoms in total. The third kappa shape index (κ3) is 3.45. The van der Waals surface area contributed by atoms with Crippen molar-refractivity contribution < 1.29 is 18.3 Å². The van der Waals surface area contributed by atoms with Crippen LogP contribution in [0.2, 0.25) is 0 Å². The van der Waals surface area contributed by atoms with Crippen LogP contribution in [-0.2, 0) is 14.8 Å². The molecule has 0 amide bonds. The van der Waals surface area contributed by atoms with E-state index in [1.807, 2.05) is 0 Å². The average molecular weight is 282 g/mol. The predicted molar refractivity (Wildman–Crippen MR) is 70.0 cm³/mol. The standard InChI is InChI=1S/C12H14N2O4S/c1-2-11(8-13)19(17,18)14(9-12(15)16)10-6-4-3-5-7-10/h3-7,11H,2,9H2,1H3,(H,15,16). The van der Waals surface area contributed by atoms with Crippen molar-refractivity contribution in [2.75, 3.05) is 10.8 Å². The summed E-state index contributed by atoms with van der Waals surface area (Å²) in [6.45, 7) is 0.861. The number of anilines is 1. The molecule has 1 aromatic carbocycles. The number of hydrogen-bond donors (Lipinski definition) is 1. The molecule has 0 aliphatic carbocycles. The topological polar surface area (TPSA) is 98.5 Å². The van der Waals surface area contributed by atoms with Crippen molar-refractivity contribution in [1.82, 2.24) is 0 Å². The number of hydrogen-bond acceptors (Lipinski definition) is 4. The van der Waals surface area contributed by atoms with Gasteiger partial charge in [0.25, 0.3) is 10.0 Å². The van der Waals surface area contributed by atoms with Crippen molar-refractivity contribution in [1.29, 1.82) is 5.26 Å². The van der Waals surface area contributed by atoms with E-state index in [2.05, 4.69) is 0 Å². The summed E-state index contributed by atoms with van der Waals surface area (Å²) >= 11 is 0. The molecule has 19 heavy (non-hydrogen) atoms. The third-order valence-electron chi connectivity index (χ3n) is 2.50. The Morgan fingerprint density at radius 1 is 1.42 bits per heavy atom. The lowest BCUT2D eigenvalue weighted by Crippen LogP contribution is -2.41. The Kier molecular flexibility index (Phi) is 4.89. The zero-order valence-corrected chi connectivity index (χ0v) is 11.2. The summed E-state index contributed by atoms with van der Waals surface area (Å²) in [4.78, 5) is 10.8. The highest BCUT2D eigenvalue weighted by atomic mass is 32.2. The summed E-state index contributed by atoms with van der Waals surface area (Å²) in [5.74, 6) is -1.28. The number of nitrogens with zero attached hydrogens (tertiary/aromatic N) is 2. The van der Waals surface area contributed by atoms with Crippen LogP contribution in [0.5, 0.6) is 0 Å². The van der Waals surface area contributed by atoms with Crippen LogP contribution in [0.25, 0.3) is 0 Å². The highest BCUT2D eigenvalue weighted by Gasteiger charge is 2.32. The number of para-hydroxylation sites is 1. The maximum absolute atomic E-state index is 12.3. The molecule has 1 unspecified atom stereocenters. The van der Waals surface area contributed by atoms with E-state index in [-0.39, 0.29) is 12.1 Å². The van der Waals surface area contributed by atoms with Gasteiger partial charge in [0.15, 0.2) is 5.25 Å². The van der Waals surface area contributed by atoms with E-state index >= 15 is 0 Å². The molecule has 0 saturated carbocycles. The fourth-order valence-electron chi connectivity index (χ4n) is 1.57. The molecule has 0 radical (unpaired) electrons. The number of carboxylic acids is 1. The van der Waals surface area contributed by atoms with Gasteiger partial charge in [0.05, 0.1) is 11.8 Å². The van der Waals surface area contributed by atoms with Gasteiger partial charge in [0.2, 0.25) is 0 Å². The van der Waals surface area contributed by atoms with Gasteiger partial charge in [0, 0.05) is 0 Å². The van der Waals surface area contributed by atoms with Crippen LogP contribution >= 0.6 is 0 Å². The number of aliphatic carboxylic acids is 1. The minimum absolute atomic E-state index is 0.0990. The second-order valence-corrected chi connectivity index (χ2v) is 5.85. The Labute approximate surface area is 111 Å². The summed E-state index contributed by atoms with van der Waals surface area (Å²) in [6, 6.07) is 9.57. The molecule has 0 heterocycles. The Hall–Kier alpha value is -2.07. The van der Waals surface area contributed by atoms with Crippen LogP contribution in [0.15, 0.2) is 30.3 Å². The first-order chi connectivity index (χ1) is 8.93. The maximum atomic E-state index is 12.3. The summed E-state index contributed by atoms with van der Waals surface area (Å²) < 4.78 is 25.3. The van der Waals surface area contributed by atoms with E-state index in [9.17, 15) is 13.2 Å². The molecule has 1 aromatic rings. The first-order valence-corrected chi connectivity index (χ1v) is 7.11. The Morgan fingerprint density at radius 2 is 2.00 bits per heavy atom. The van der Waals surface area contributed by atoms with Crippen molar-refractivity contribution in [2.24, 2.45) is 0 Å². The summed E-state index contributed by atoms with van der Waals surface area (Å²) in [6.07, 6.45) is 0.0990. The van der Waals surface area contributed by atoms with E-state index in [0.717, 1.165) is 4.31 Å². The van der Waals surface area contributed by atoms with Gasteiger partial charge >= 0.3 is 5.97 Å². The minimum Gasteiger partial charge on any atom is -0.480 e. The molecule has 1 N–H and O–H groups in total. The zero-order chi connectivity index (χ0) is 14.5. The predicted octanol–water partition coefficient (Wildman–Crippen LogP) is 1.21. The number of rotatable bonds is 6. The minimum atomic E-state index is -4.02. The number of nitriles is 1.